The molecule has 0 atom stereocenters. The first-order valence-electron chi connectivity index (χ1n) is 9.11. The van der Waals surface area contributed by atoms with Gasteiger partial charge in [0.05, 0.1) is 13.2 Å². The van der Waals surface area contributed by atoms with Crippen LogP contribution in [0.25, 0.3) is 0 Å². The molecule has 1 aromatic heterocycles. The second kappa shape index (κ2) is 8.94. The third kappa shape index (κ3) is 5.38. The van der Waals surface area contributed by atoms with E-state index in [-0.39, 0.29) is 6.03 Å². The van der Waals surface area contributed by atoms with E-state index in [0.29, 0.717) is 13.2 Å². The molecule has 2 N–H and O–H groups in total. The SMILES string of the molecule is CCOc1ccc(NC(=O)NCc2cccn2Cc2cccc(C)c2)cc1. The number of carbonyl (C=O) groups excluding carboxylic acids is 1. The molecule has 3 aromatic rings. The summed E-state index contributed by atoms with van der Waals surface area (Å²) in [6.45, 7) is 5.89. The van der Waals surface area contributed by atoms with Crippen molar-refractivity contribution in [1.82, 2.24) is 9.88 Å². The standard InChI is InChI=1S/C22H25N3O2/c1-3-27-21-11-9-19(10-12-21)24-22(26)23-15-20-8-5-13-25(20)16-18-7-4-6-17(2)14-18/h4-14H,3,15-16H2,1-2H3,(H2,23,24,26). The van der Waals surface area contributed by atoms with Gasteiger partial charge in [-0.1, -0.05) is 29.8 Å². The van der Waals surface area contributed by atoms with Gasteiger partial charge in [0.25, 0.3) is 0 Å². The first-order chi connectivity index (χ1) is 13.1. The molecule has 3 rings (SSSR count). The number of nitrogens with zero attached hydrogens (tertiary/aromatic N) is 1. The van der Waals surface area contributed by atoms with Crippen LogP contribution < -0.4 is 15.4 Å². The summed E-state index contributed by atoms with van der Waals surface area (Å²) < 4.78 is 7.55. The number of urea groups is 1. The van der Waals surface area contributed by atoms with E-state index in [2.05, 4.69) is 46.4 Å². The number of anilines is 1. The minimum atomic E-state index is -0.234. The zero-order valence-electron chi connectivity index (χ0n) is 15.7. The largest absolute Gasteiger partial charge is 0.494 e. The second-order valence-electron chi connectivity index (χ2n) is 6.38. The number of benzene rings is 2. The van der Waals surface area contributed by atoms with Gasteiger partial charge in [-0.25, -0.2) is 4.79 Å². The summed E-state index contributed by atoms with van der Waals surface area (Å²) in [5.41, 5.74) is 4.27. The summed E-state index contributed by atoms with van der Waals surface area (Å²) >= 11 is 0. The normalized spacial score (nSPS) is 10.4. The molecule has 2 aromatic carbocycles. The highest BCUT2D eigenvalue weighted by Gasteiger charge is 2.06. The van der Waals surface area contributed by atoms with Crippen molar-refractivity contribution in [3.8, 4) is 5.75 Å². The van der Waals surface area contributed by atoms with Crippen molar-refractivity contribution in [3.63, 3.8) is 0 Å². The quantitative estimate of drug-likeness (QED) is 0.646. The minimum absolute atomic E-state index is 0.234. The summed E-state index contributed by atoms with van der Waals surface area (Å²) in [5.74, 6) is 0.789. The van der Waals surface area contributed by atoms with E-state index in [4.69, 9.17) is 4.74 Å². The Bertz CT molecular complexity index is 885. The molecule has 0 aliphatic heterocycles. The van der Waals surface area contributed by atoms with Crippen LogP contribution in [0.5, 0.6) is 5.75 Å². The number of carbonyl (C=O) groups is 1. The van der Waals surface area contributed by atoms with Gasteiger partial charge in [-0.3, -0.25) is 0 Å². The molecular formula is C22H25N3O2. The fourth-order valence-electron chi connectivity index (χ4n) is 2.92. The lowest BCUT2D eigenvalue weighted by atomic mass is 10.1. The second-order valence-corrected chi connectivity index (χ2v) is 6.38. The molecule has 0 spiro atoms. The number of ether oxygens (including phenoxy) is 1. The van der Waals surface area contributed by atoms with Gasteiger partial charge in [-0.15, -0.1) is 0 Å². The van der Waals surface area contributed by atoms with Gasteiger partial charge in [0.2, 0.25) is 0 Å². The Labute approximate surface area is 160 Å². The van der Waals surface area contributed by atoms with Crippen molar-refractivity contribution in [2.75, 3.05) is 11.9 Å². The van der Waals surface area contributed by atoms with Crippen LogP contribution in [0.3, 0.4) is 0 Å². The van der Waals surface area contributed by atoms with Crippen molar-refractivity contribution >= 4 is 11.7 Å². The third-order valence-corrected chi connectivity index (χ3v) is 4.21. The maximum atomic E-state index is 12.2. The molecule has 0 radical (unpaired) electrons. The molecule has 0 aliphatic rings. The Morgan fingerprint density at radius 2 is 1.89 bits per heavy atom. The van der Waals surface area contributed by atoms with Crippen LogP contribution in [0.1, 0.15) is 23.7 Å². The van der Waals surface area contributed by atoms with Gasteiger partial charge in [0, 0.05) is 24.1 Å². The van der Waals surface area contributed by atoms with E-state index in [9.17, 15) is 4.79 Å². The summed E-state index contributed by atoms with van der Waals surface area (Å²) in [4.78, 5) is 12.2. The summed E-state index contributed by atoms with van der Waals surface area (Å²) in [5, 5.41) is 5.74. The molecule has 0 unspecified atom stereocenters. The van der Waals surface area contributed by atoms with Gasteiger partial charge < -0.3 is 19.9 Å². The molecule has 140 valence electrons. The van der Waals surface area contributed by atoms with Gasteiger partial charge >= 0.3 is 6.03 Å². The Morgan fingerprint density at radius 1 is 1.07 bits per heavy atom. The van der Waals surface area contributed by atoms with Crippen LogP contribution >= 0.6 is 0 Å². The zero-order valence-corrected chi connectivity index (χ0v) is 15.7. The Kier molecular flexibility index (Phi) is 6.15. The highest BCUT2D eigenvalue weighted by molar-refractivity contribution is 5.89. The first-order valence-corrected chi connectivity index (χ1v) is 9.11. The number of hydrogen-bond donors (Lipinski definition) is 2. The molecule has 0 bridgehead atoms. The van der Waals surface area contributed by atoms with Crippen LogP contribution in [0.4, 0.5) is 10.5 Å². The van der Waals surface area contributed by atoms with Crippen molar-refractivity contribution < 1.29 is 9.53 Å². The van der Waals surface area contributed by atoms with Crippen molar-refractivity contribution in [1.29, 1.82) is 0 Å². The van der Waals surface area contributed by atoms with Crippen molar-refractivity contribution in [2.45, 2.75) is 26.9 Å². The average Bonchev–Trinajstić information content (AvgIpc) is 3.09. The molecule has 1 heterocycles. The Balaban J connectivity index is 1.54. The minimum Gasteiger partial charge on any atom is -0.494 e. The lowest BCUT2D eigenvalue weighted by Gasteiger charge is -2.12. The van der Waals surface area contributed by atoms with Gasteiger partial charge in [0.15, 0.2) is 0 Å². The Hall–Kier alpha value is -3.21. The molecule has 0 fully saturated rings. The summed E-state index contributed by atoms with van der Waals surface area (Å²) in [6.07, 6.45) is 2.03. The highest BCUT2D eigenvalue weighted by atomic mass is 16.5. The number of amides is 2. The van der Waals surface area contributed by atoms with E-state index < -0.39 is 0 Å². The fraction of sp³-hybridized carbons (Fsp3) is 0.227. The number of rotatable bonds is 7. The zero-order chi connectivity index (χ0) is 19.1. The molecule has 0 aliphatic carbocycles. The lowest BCUT2D eigenvalue weighted by molar-refractivity contribution is 0.251. The number of hydrogen-bond acceptors (Lipinski definition) is 2. The third-order valence-electron chi connectivity index (χ3n) is 4.21. The molecule has 27 heavy (non-hydrogen) atoms. The van der Waals surface area contributed by atoms with Gasteiger partial charge in [-0.05, 0) is 55.8 Å². The van der Waals surface area contributed by atoms with Crippen LogP contribution in [-0.4, -0.2) is 17.2 Å². The monoisotopic (exact) mass is 363 g/mol. The molecular weight excluding hydrogens is 338 g/mol. The molecule has 0 saturated heterocycles. The van der Waals surface area contributed by atoms with E-state index in [1.165, 1.54) is 11.1 Å². The van der Waals surface area contributed by atoms with Crippen LogP contribution in [0.15, 0.2) is 66.9 Å². The highest BCUT2D eigenvalue weighted by Crippen LogP contribution is 2.15. The predicted molar refractivity (Wildman–Crippen MR) is 108 cm³/mol. The molecule has 5 nitrogen and oxygen atoms in total. The topological polar surface area (TPSA) is 55.3 Å². The maximum absolute atomic E-state index is 12.2. The Morgan fingerprint density at radius 3 is 2.63 bits per heavy atom. The first kappa shape index (κ1) is 18.6. The van der Waals surface area contributed by atoms with E-state index >= 15 is 0 Å². The van der Waals surface area contributed by atoms with Crippen LogP contribution in [0.2, 0.25) is 0 Å². The average molecular weight is 363 g/mol. The van der Waals surface area contributed by atoms with Crippen LogP contribution in [0, 0.1) is 6.92 Å². The summed E-state index contributed by atoms with van der Waals surface area (Å²) in [6, 6.07) is 19.6. The van der Waals surface area contributed by atoms with Crippen molar-refractivity contribution in [3.05, 3.63) is 83.7 Å². The van der Waals surface area contributed by atoms with Gasteiger partial charge in [0.1, 0.15) is 5.75 Å². The summed E-state index contributed by atoms with van der Waals surface area (Å²) in [7, 11) is 0. The van der Waals surface area contributed by atoms with E-state index in [0.717, 1.165) is 23.7 Å². The number of aromatic nitrogens is 1. The molecule has 0 saturated carbocycles. The maximum Gasteiger partial charge on any atom is 0.319 e. The number of aryl methyl sites for hydroxylation is 1. The van der Waals surface area contributed by atoms with E-state index in [1.807, 2.05) is 49.5 Å². The molecule has 2 amide bonds. The molecule has 5 heteroatoms. The lowest BCUT2D eigenvalue weighted by Crippen LogP contribution is -2.29. The predicted octanol–water partition coefficient (Wildman–Crippen LogP) is 4.57. The van der Waals surface area contributed by atoms with E-state index in [1.54, 1.807) is 0 Å². The van der Waals surface area contributed by atoms with Crippen molar-refractivity contribution in [2.24, 2.45) is 0 Å². The smallest absolute Gasteiger partial charge is 0.319 e. The fourth-order valence-corrected chi connectivity index (χ4v) is 2.92. The number of nitrogens with one attached hydrogen (secondary N) is 2. The van der Waals surface area contributed by atoms with Gasteiger partial charge in [-0.2, -0.15) is 0 Å². The van der Waals surface area contributed by atoms with Crippen LogP contribution in [-0.2, 0) is 13.1 Å².